The van der Waals surface area contributed by atoms with Crippen LogP contribution in [0.4, 0.5) is 0 Å². The fraction of sp³-hybridized carbons (Fsp3) is 0.150. The minimum Gasteiger partial charge on any atom is -0.308 e. The summed E-state index contributed by atoms with van der Waals surface area (Å²) in [6.45, 7) is 0.490. The number of imidazole rings is 1. The molecule has 0 saturated heterocycles. The molecule has 2 aromatic heterocycles. The molecule has 9 heteroatoms. The number of nitrogens with zero attached hydrogens (tertiary/aromatic N) is 4. The number of fused-ring (bicyclic) bond motifs is 1. The van der Waals surface area contributed by atoms with Crippen molar-refractivity contribution in [2.45, 2.75) is 13.1 Å². The highest BCUT2D eigenvalue weighted by Crippen LogP contribution is 2.20. The molecule has 0 spiro atoms. The van der Waals surface area contributed by atoms with E-state index < -0.39 is 11.2 Å². The van der Waals surface area contributed by atoms with E-state index in [1.807, 2.05) is 24.3 Å². The van der Waals surface area contributed by atoms with Gasteiger partial charge in [0.15, 0.2) is 15.9 Å². The third kappa shape index (κ3) is 3.77. The summed E-state index contributed by atoms with van der Waals surface area (Å²) < 4.78 is 4.76. The van der Waals surface area contributed by atoms with Crippen LogP contribution in [0.3, 0.4) is 0 Å². The summed E-state index contributed by atoms with van der Waals surface area (Å²) >= 11 is 15.6. The van der Waals surface area contributed by atoms with Gasteiger partial charge in [-0.25, -0.2) is 9.78 Å². The minimum atomic E-state index is -0.442. The molecule has 2 aromatic carbocycles. The van der Waals surface area contributed by atoms with E-state index >= 15 is 0 Å². The third-order valence-electron chi connectivity index (χ3n) is 4.65. The largest absolute Gasteiger partial charge is 0.332 e. The smallest absolute Gasteiger partial charge is 0.308 e. The Morgan fingerprint density at radius 1 is 0.931 bits per heavy atom. The van der Waals surface area contributed by atoms with Crippen LogP contribution in [0.1, 0.15) is 11.1 Å². The minimum absolute atomic E-state index is 0.113. The lowest BCUT2D eigenvalue weighted by molar-refractivity contribution is 0.653. The van der Waals surface area contributed by atoms with E-state index in [-0.39, 0.29) is 6.54 Å². The fourth-order valence-corrected chi connectivity index (χ4v) is 4.16. The first kappa shape index (κ1) is 19.9. The van der Waals surface area contributed by atoms with Gasteiger partial charge in [-0.3, -0.25) is 13.9 Å². The molecule has 0 N–H and O–H groups in total. The van der Waals surface area contributed by atoms with Crippen LogP contribution in [0.2, 0.25) is 10.0 Å². The van der Waals surface area contributed by atoms with Gasteiger partial charge in [-0.15, -0.1) is 0 Å². The molecule has 0 amide bonds. The molecule has 0 aliphatic carbocycles. The van der Waals surface area contributed by atoms with Gasteiger partial charge in [0, 0.05) is 17.1 Å². The van der Waals surface area contributed by atoms with Gasteiger partial charge in [0.2, 0.25) is 0 Å². The monoisotopic (exact) mass is 492 g/mol. The van der Waals surface area contributed by atoms with Gasteiger partial charge < -0.3 is 4.57 Å². The number of aryl methyl sites for hydroxylation is 1. The second-order valence-electron chi connectivity index (χ2n) is 6.63. The average Bonchev–Trinajstić information content (AvgIpc) is 3.00. The lowest BCUT2D eigenvalue weighted by Crippen LogP contribution is -2.40. The van der Waals surface area contributed by atoms with Crippen molar-refractivity contribution in [3.05, 3.63) is 95.3 Å². The zero-order valence-electron chi connectivity index (χ0n) is 15.3. The SMILES string of the molecule is Cn1c(=O)n(Cc2cccc(Cl)c2)c(=O)c2c1nc(Br)n2Cc1cccc(Cl)c1. The molecule has 4 aromatic rings. The molecule has 29 heavy (non-hydrogen) atoms. The predicted molar refractivity (Wildman–Crippen MR) is 118 cm³/mol. The third-order valence-corrected chi connectivity index (χ3v) is 5.72. The summed E-state index contributed by atoms with van der Waals surface area (Å²) in [6.07, 6.45) is 0. The zero-order valence-corrected chi connectivity index (χ0v) is 18.4. The number of hydrogen-bond donors (Lipinski definition) is 0. The summed E-state index contributed by atoms with van der Waals surface area (Å²) in [7, 11) is 1.60. The highest BCUT2D eigenvalue weighted by atomic mass is 79.9. The Bertz CT molecular complexity index is 1360. The van der Waals surface area contributed by atoms with Crippen LogP contribution in [-0.4, -0.2) is 18.7 Å². The number of aromatic nitrogens is 4. The maximum Gasteiger partial charge on any atom is 0.332 e. The van der Waals surface area contributed by atoms with Crippen molar-refractivity contribution < 1.29 is 0 Å². The summed E-state index contributed by atoms with van der Waals surface area (Å²) in [5.74, 6) is 0. The molecule has 4 rings (SSSR count). The van der Waals surface area contributed by atoms with E-state index in [2.05, 4.69) is 20.9 Å². The van der Waals surface area contributed by atoms with Gasteiger partial charge >= 0.3 is 5.69 Å². The van der Waals surface area contributed by atoms with Crippen LogP contribution in [-0.2, 0) is 20.1 Å². The molecule has 0 aliphatic heterocycles. The molecule has 2 heterocycles. The Hall–Kier alpha value is -2.35. The summed E-state index contributed by atoms with van der Waals surface area (Å²) in [6, 6.07) is 14.4. The molecule has 148 valence electrons. The fourth-order valence-electron chi connectivity index (χ4n) is 3.26. The van der Waals surface area contributed by atoms with Crippen LogP contribution in [0, 0.1) is 0 Å². The van der Waals surface area contributed by atoms with E-state index in [1.54, 1.807) is 35.9 Å². The summed E-state index contributed by atoms with van der Waals surface area (Å²) in [4.78, 5) is 30.5. The first-order chi connectivity index (χ1) is 13.8. The van der Waals surface area contributed by atoms with Crippen LogP contribution in [0.15, 0.2) is 62.9 Å². The molecule has 0 radical (unpaired) electrons. The second kappa shape index (κ2) is 7.82. The normalized spacial score (nSPS) is 11.3. The number of hydrogen-bond acceptors (Lipinski definition) is 3. The first-order valence-electron chi connectivity index (χ1n) is 8.69. The van der Waals surface area contributed by atoms with Crippen molar-refractivity contribution in [1.82, 2.24) is 18.7 Å². The molecule has 0 saturated carbocycles. The van der Waals surface area contributed by atoms with Crippen molar-refractivity contribution in [1.29, 1.82) is 0 Å². The number of halogens is 3. The average molecular weight is 494 g/mol. The van der Waals surface area contributed by atoms with Gasteiger partial charge in [-0.1, -0.05) is 47.5 Å². The molecule has 0 unspecified atom stereocenters. The van der Waals surface area contributed by atoms with Crippen molar-refractivity contribution in [2.75, 3.05) is 0 Å². The molecule has 6 nitrogen and oxygen atoms in total. The Labute approximate surface area is 184 Å². The van der Waals surface area contributed by atoms with E-state index in [0.29, 0.717) is 32.5 Å². The summed E-state index contributed by atoms with van der Waals surface area (Å²) in [5.41, 5.74) is 1.46. The second-order valence-corrected chi connectivity index (χ2v) is 8.21. The summed E-state index contributed by atoms with van der Waals surface area (Å²) in [5, 5.41) is 1.15. The molecule has 0 atom stereocenters. The van der Waals surface area contributed by atoms with Gasteiger partial charge in [0.25, 0.3) is 5.56 Å². The van der Waals surface area contributed by atoms with E-state index in [0.717, 1.165) is 11.1 Å². The maximum atomic E-state index is 13.3. The number of rotatable bonds is 4. The van der Waals surface area contributed by atoms with Gasteiger partial charge in [0.05, 0.1) is 13.1 Å². The highest BCUT2D eigenvalue weighted by Gasteiger charge is 2.19. The Morgan fingerprint density at radius 3 is 2.03 bits per heavy atom. The standard InChI is InChI=1S/C20H15BrCl2N4O2/c1-25-17-16(26(19(21)24-17)10-12-4-2-6-14(22)8-12)18(28)27(20(25)29)11-13-5-3-7-15(23)9-13/h2-9H,10-11H2,1H3. The van der Waals surface area contributed by atoms with Gasteiger partial charge in [-0.05, 0) is 51.3 Å². The quantitative estimate of drug-likeness (QED) is 0.403. The zero-order chi connectivity index (χ0) is 20.7. The molecular formula is C20H15BrCl2N4O2. The van der Waals surface area contributed by atoms with Crippen molar-refractivity contribution in [2.24, 2.45) is 7.05 Å². The van der Waals surface area contributed by atoms with Gasteiger partial charge in [-0.2, -0.15) is 0 Å². The van der Waals surface area contributed by atoms with Crippen LogP contribution < -0.4 is 11.2 Å². The molecule has 0 bridgehead atoms. The van der Waals surface area contributed by atoms with Crippen molar-refractivity contribution in [3.8, 4) is 0 Å². The molecule has 0 fully saturated rings. The lowest BCUT2D eigenvalue weighted by Gasteiger charge is -2.11. The Kier molecular flexibility index (Phi) is 5.38. The molecular weight excluding hydrogens is 479 g/mol. The predicted octanol–water partition coefficient (Wildman–Crippen LogP) is 4.06. The van der Waals surface area contributed by atoms with Crippen LogP contribution in [0.25, 0.3) is 11.2 Å². The Morgan fingerprint density at radius 2 is 1.48 bits per heavy atom. The van der Waals surface area contributed by atoms with Crippen LogP contribution in [0.5, 0.6) is 0 Å². The van der Waals surface area contributed by atoms with Crippen molar-refractivity contribution >= 4 is 50.3 Å². The van der Waals surface area contributed by atoms with E-state index in [9.17, 15) is 9.59 Å². The van der Waals surface area contributed by atoms with Crippen molar-refractivity contribution in [3.63, 3.8) is 0 Å². The maximum absolute atomic E-state index is 13.3. The van der Waals surface area contributed by atoms with E-state index in [4.69, 9.17) is 23.2 Å². The highest BCUT2D eigenvalue weighted by molar-refractivity contribution is 9.10. The molecule has 0 aliphatic rings. The topological polar surface area (TPSA) is 61.8 Å². The van der Waals surface area contributed by atoms with Crippen LogP contribution >= 0.6 is 39.1 Å². The number of benzene rings is 2. The first-order valence-corrected chi connectivity index (χ1v) is 10.2. The Balaban J connectivity index is 1.90. The lowest BCUT2D eigenvalue weighted by atomic mass is 10.2. The van der Waals surface area contributed by atoms with Gasteiger partial charge in [0.1, 0.15) is 0 Å². The van der Waals surface area contributed by atoms with E-state index in [1.165, 1.54) is 9.13 Å².